The zero-order valence-electron chi connectivity index (χ0n) is 14.9. The average Bonchev–Trinajstić information content (AvgIpc) is 3.38. The van der Waals surface area contributed by atoms with Crippen LogP contribution in [0, 0.1) is 5.82 Å². The molecule has 4 aromatic rings. The molecule has 7 nitrogen and oxygen atoms in total. The molecule has 2 aromatic heterocycles. The number of nitrogens with zero attached hydrogens (tertiary/aromatic N) is 3. The molecule has 146 valence electrons. The lowest BCUT2D eigenvalue weighted by atomic mass is 10.1. The molecule has 0 saturated carbocycles. The fraction of sp³-hybridized carbons (Fsp3) is 0.0500. The Labute approximate surface area is 173 Å². The molecule has 0 aliphatic heterocycles. The van der Waals surface area contributed by atoms with Crippen LogP contribution in [-0.2, 0) is 6.73 Å². The summed E-state index contributed by atoms with van der Waals surface area (Å²) in [5.41, 5.74) is 1.21. The zero-order chi connectivity index (χ0) is 20.2. The summed E-state index contributed by atoms with van der Waals surface area (Å²) >= 11 is 3.36. The molecule has 2 heterocycles. The van der Waals surface area contributed by atoms with E-state index in [0.29, 0.717) is 22.8 Å². The third kappa shape index (κ3) is 4.69. The molecule has 29 heavy (non-hydrogen) atoms. The first-order chi connectivity index (χ1) is 14.1. The Morgan fingerprint density at radius 3 is 2.69 bits per heavy atom. The summed E-state index contributed by atoms with van der Waals surface area (Å²) in [5.74, 6) is 0.266. The normalized spacial score (nSPS) is 10.7. The molecule has 0 atom stereocenters. The highest BCUT2D eigenvalue weighted by molar-refractivity contribution is 9.10. The number of hydrogen-bond donors (Lipinski definition) is 1. The van der Waals surface area contributed by atoms with Crippen molar-refractivity contribution in [2.24, 2.45) is 0 Å². The third-order valence-corrected chi connectivity index (χ3v) is 4.47. The third-order valence-electron chi connectivity index (χ3n) is 3.94. The molecular formula is C20H14BrFN4O3. The van der Waals surface area contributed by atoms with Crippen molar-refractivity contribution in [2.45, 2.75) is 6.73 Å². The summed E-state index contributed by atoms with van der Waals surface area (Å²) in [5, 5.41) is 10.6. The van der Waals surface area contributed by atoms with Gasteiger partial charge in [-0.25, -0.2) is 9.07 Å². The van der Waals surface area contributed by atoms with Gasteiger partial charge in [0, 0.05) is 16.1 Å². The molecule has 0 fully saturated rings. The van der Waals surface area contributed by atoms with E-state index in [1.165, 1.54) is 24.4 Å². The van der Waals surface area contributed by atoms with E-state index < -0.39 is 5.91 Å². The maximum Gasteiger partial charge on any atom is 0.277 e. The smallest absolute Gasteiger partial charge is 0.277 e. The lowest BCUT2D eigenvalue weighted by Gasteiger charge is -2.05. The zero-order valence-corrected chi connectivity index (χ0v) is 16.5. The van der Waals surface area contributed by atoms with Gasteiger partial charge in [-0.2, -0.15) is 5.10 Å². The van der Waals surface area contributed by atoms with Crippen LogP contribution >= 0.6 is 15.9 Å². The fourth-order valence-corrected chi connectivity index (χ4v) is 2.76. The molecule has 0 saturated heterocycles. The van der Waals surface area contributed by atoms with Gasteiger partial charge in [0.05, 0.1) is 18.1 Å². The lowest BCUT2D eigenvalue weighted by molar-refractivity contribution is 0.101. The number of anilines is 1. The van der Waals surface area contributed by atoms with Crippen LogP contribution in [0.2, 0.25) is 0 Å². The number of carbonyl (C=O) groups excluding carboxylic acids is 1. The average molecular weight is 457 g/mol. The number of rotatable bonds is 6. The van der Waals surface area contributed by atoms with Crippen LogP contribution in [0.5, 0.6) is 5.75 Å². The van der Waals surface area contributed by atoms with E-state index in [4.69, 9.17) is 9.26 Å². The number of amides is 1. The Morgan fingerprint density at radius 1 is 1.17 bits per heavy atom. The van der Waals surface area contributed by atoms with Crippen molar-refractivity contribution in [1.82, 2.24) is 14.9 Å². The van der Waals surface area contributed by atoms with Crippen LogP contribution in [0.15, 0.2) is 76.0 Å². The van der Waals surface area contributed by atoms with Gasteiger partial charge in [-0.1, -0.05) is 21.1 Å². The molecular weight excluding hydrogens is 443 g/mol. The number of aromatic nitrogens is 3. The van der Waals surface area contributed by atoms with Crippen molar-refractivity contribution in [3.05, 3.63) is 83.0 Å². The van der Waals surface area contributed by atoms with E-state index in [-0.39, 0.29) is 18.2 Å². The summed E-state index contributed by atoms with van der Waals surface area (Å²) in [7, 11) is 0. The minimum atomic E-state index is -0.449. The van der Waals surface area contributed by atoms with Gasteiger partial charge in [0.2, 0.25) is 0 Å². The lowest BCUT2D eigenvalue weighted by Crippen LogP contribution is -2.11. The molecule has 1 amide bonds. The highest BCUT2D eigenvalue weighted by Crippen LogP contribution is 2.21. The summed E-state index contributed by atoms with van der Waals surface area (Å²) < 4.78 is 26.3. The van der Waals surface area contributed by atoms with E-state index >= 15 is 0 Å². The minimum absolute atomic E-state index is 0.100. The maximum absolute atomic E-state index is 13.0. The number of halogens is 2. The minimum Gasteiger partial charge on any atom is -0.471 e. The molecule has 0 radical (unpaired) electrons. The highest BCUT2D eigenvalue weighted by Gasteiger charge is 2.15. The SMILES string of the molecule is O=C(Nc1cnn(COc2ccc(Br)cc2)c1)c1cc(-c2ccc(F)cc2)on1. The van der Waals surface area contributed by atoms with Gasteiger partial charge in [0.15, 0.2) is 18.2 Å². The highest BCUT2D eigenvalue weighted by atomic mass is 79.9. The first-order valence-electron chi connectivity index (χ1n) is 8.52. The first-order valence-corrected chi connectivity index (χ1v) is 9.31. The summed E-state index contributed by atoms with van der Waals surface area (Å²) in [6.07, 6.45) is 3.14. The van der Waals surface area contributed by atoms with Crippen LogP contribution < -0.4 is 10.1 Å². The summed E-state index contributed by atoms with van der Waals surface area (Å²) in [4.78, 5) is 12.4. The first kappa shape index (κ1) is 18.9. The van der Waals surface area contributed by atoms with Gasteiger partial charge in [-0.15, -0.1) is 0 Å². The second kappa shape index (κ2) is 8.27. The standard InChI is InChI=1S/C20H14BrFN4O3/c21-14-3-7-17(8-4-14)28-12-26-11-16(10-23-26)24-20(27)18-9-19(29-25-18)13-1-5-15(22)6-2-13/h1-11H,12H2,(H,24,27). The number of nitrogens with one attached hydrogen (secondary N) is 1. The van der Waals surface area contributed by atoms with E-state index in [0.717, 1.165) is 4.47 Å². The Morgan fingerprint density at radius 2 is 1.93 bits per heavy atom. The van der Waals surface area contributed by atoms with E-state index in [1.807, 2.05) is 24.3 Å². The van der Waals surface area contributed by atoms with Crippen molar-refractivity contribution in [2.75, 3.05) is 5.32 Å². The molecule has 0 aliphatic rings. The van der Waals surface area contributed by atoms with Gasteiger partial charge in [0.1, 0.15) is 11.6 Å². The molecule has 0 unspecified atom stereocenters. The van der Waals surface area contributed by atoms with Crippen LogP contribution in [-0.4, -0.2) is 20.8 Å². The largest absolute Gasteiger partial charge is 0.471 e. The van der Waals surface area contributed by atoms with E-state index in [1.54, 1.807) is 23.0 Å². The van der Waals surface area contributed by atoms with Gasteiger partial charge in [-0.05, 0) is 48.5 Å². The molecule has 9 heteroatoms. The Balaban J connectivity index is 1.36. The van der Waals surface area contributed by atoms with E-state index in [9.17, 15) is 9.18 Å². The molecule has 0 spiro atoms. The van der Waals surface area contributed by atoms with Gasteiger partial charge in [0.25, 0.3) is 5.91 Å². The Bertz CT molecular complexity index is 1120. The number of carbonyl (C=O) groups is 1. The van der Waals surface area contributed by atoms with Crippen molar-refractivity contribution in [3.8, 4) is 17.1 Å². The second-order valence-corrected chi connectivity index (χ2v) is 6.95. The molecule has 0 aliphatic carbocycles. The monoisotopic (exact) mass is 456 g/mol. The number of benzene rings is 2. The molecule has 0 bridgehead atoms. The van der Waals surface area contributed by atoms with Crippen LogP contribution in [0.25, 0.3) is 11.3 Å². The second-order valence-electron chi connectivity index (χ2n) is 6.03. The van der Waals surface area contributed by atoms with E-state index in [2.05, 4.69) is 31.5 Å². The number of ether oxygens (including phenoxy) is 1. The van der Waals surface area contributed by atoms with Crippen molar-refractivity contribution in [1.29, 1.82) is 0 Å². The fourth-order valence-electron chi connectivity index (χ4n) is 2.50. The van der Waals surface area contributed by atoms with Crippen LogP contribution in [0.3, 0.4) is 0 Å². The van der Waals surface area contributed by atoms with Crippen molar-refractivity contribution < 1.29 is 18.4 Å². The Kier molecular flexibility index (Phi) is 5.39. The van der Waals surface area contributed by atoms with Gasteiger partial charge >= 0.3 is 0 Å². The predicted octanol–water partition coefficient (Wildman–Crippen LogP) is 4.73. The van der Waals surface area contributed by atoms with Crippen molar-refractivity contribution in [3.63, 3.8) is 0 Å². The maximum atomic E-state index is 13.0. The summed E-state index contributed by atoms with van der Waals surface area (Å²) in [6.45, 7) is 0.191. The van der Waals surface area contributed by atoms with Crippen LogP contribution in [0.4, 0.5) is 10.1 Å². The van der Waals surface area contributed by atoms with Crippen LogP contribution in [0.1, 0.15) is 10.5 Å². The quantitative estimate of drug-likeness (QED) is 0.453. The summed E-state index contributed by atoms with van der Waals surface area (Å²) in [6, 6.07) is 14.6. The molecule has 4 rings (SSSR count). The Hall–Kier alpha value is -3.46. The topological polar surface area (TPSA) is 82.2 Å². The van der Waals surface area contributed by atoms with Gasteiger partial charge < -0.3 is 14.6 Å². The number of hydrogen-bond acceptors (Lipinski definition) is 5. The van der Waals surface area contributed by atoms with Gasteiger partial charge in [-0.3, -0.25) is 4.79 Å². The molecule has 2 aromatic carbocycles. The van der Waals surface area contributed by atoms with Crippen molar-refractivity contribution >= 4 is 27.5 Å². The molecule has 1 N–H and O–H groups in total. The predicted molar refractivity (Wildman–Crippen MR) is 107 cm³/mol.